The van der Waals surface area contributed by atoms with E-state index >= 15 is 0 Å². The van der Waals surface area contributed by atoms with Crippen LogP contribution in [0, 0.1) is 0 Å². The van der Waals surface area contributed by atoms with Crippen LogP contribution in [0.4, 0.5) is 10.5 Å². The zero-order valence-electron chi connectivity index (χ0n) is 17.4. The van der Waals surface area contributed by atoms with Crippen LogP contribution in [0.15, 0.2) is 42.5 Å². The molecule has 30 heavy (non-hydrogen) atoms. The van der Waals surface area contributed by atoms with Gasteiger partial charge in [0.15, 0.2) is 0 Å². The molecule has 2 aromatic rings. The topological polar surface area (TPSA) is 87.3 Å². The van der Waals surface area contributed by atoms with Gasteiger partial charge in [-0.3, -0.25) is 14.9 Å². The molecule has 3 N–H and O–H groups in total. The SMILES string of the molecule is CC.O=C1NC(=O)C2(Cc3ccc(NC(=O)C4CCCc5ccccc54)cc3C2)N1. The molecule has 0 radical (unpaired) electrons. The smallest absolute Gasteiger partial charge is 0.322 e. The molecule has 0 saturated carbocycles. The standard InChI is InChI=1S/C22H21N3O3.C2H6/c26-19(18-7-3-5-13-4-1-2-6-17(13)18)23-16-9-8-14-11-22(12-15(14)10-16)20(27)24-21(28)25-22;1-2/h1-2,4,6,8-10,18H,3,5,7,11-12H2,(H,23,26)(H2,24,25,27,28);1-2H3. The zero-order valence-corrected chi connectivity index (χ0v) is 17.4. The quantitative estimate of drug-likeness (QED) is 0.669. The van der Waals surface area contributed by atoms with Crippen molar-refractivity contribution in [2.75, 3.05) is 5.32 Å². The maximum atomic E-state index is 12.9. The Balaban J connectivity index is 0.00000106. The summed E-state index contributed by atoms with van der Waals surface area (Å²) in [5, 5.41) is 8.14. The van der Waals surface area contributed by atoms with Crippen molar-refractivity contribution >= 4 is 23.5 Å². The molecular formula is C24H27N3O3. The molecule has 156 valence electrons. The van der Waals surface area contributed by atoms with E-state index in [1.807, 2.05) is 50.2 Å². The number of nitrogens with one attached hydrogen (secondary N) is 3. The summed E-state index contributed by atoms with van der Waals surface area (Å²) in [6, 6.07) is 13.5. The Labute approximate surface area is 176 Å². The molecule has 1 heterocycles. The van der Waals surface area contributed by atoms with E-state index in [0.29, 0.717) is 12.8 Å². The van der Waals surface area contributed by atoms with Crippen molar-refractivity contribution in [3.05, 3.63) is 64.7 Å². The minimum atomic E-state index is -0.885. The molecule has 5 rings (SSSR count). The molecule has 6 heteroatoms. The number of benzene rings is 2. The number of urea groups is 1. The van der Waals surface area contributed by atoms with Crippen LogP contribution in [0.1, 0.15) is 54.9 Å². The third kappa shape index (κ3) is 3.47. The summed E-state index contributed by atoms with van der Waals surface area (Å²) in [7, 11) is 0. The molecule has 1 aliphatic heterocycles. The third-order valence-corrected chi connectivity index (χ3v) is 6.16. The van der Waals surface area contributed by atoms with Crippen LogP contribution < -0.4 is 16.0 Å². The van der Waals surface area contributed by atoms with Gasteiger partial charge in [-0.05, 0) is 53.6 Å². The second-order valence-electron chi connectivity index (χ2n) is 7.96. The minimum Gasteiger partial charge on any atom is -0.326 e. The predicted molar refractivity (Wildman–Crippen MR) is 115 cm³/mol. The lowest BCUT2D eigenvalue weighted by Gasteiger charge is -2.24. The van der Waals surface area contributed by atoms with Gasteiger partial charge in [0, 0.05) is 18.5 Å². The van der Waals surface area contributed by atoms with Crippen LogP contribution >= 0.6 is 0 Å². The Kier molecular flexibility index (Phi) is 5.33. The van der Waals surface area contributed by atoms with Gasteiger partial charge in [-0.25, -0.2) is 4.79 Å². The van der Waals surface area contributed by atoms with Gasteiger partial charge in [-0.15, -0.1) is 0 Å². The van der Waals surface area contributed by atoms with Gasteiger partial charge in [0.2, 0.25) is 5.91 Å². The van der Waals surface area contributed by atoms with Crippen molar-refractivity contribution < 1.29 is 14.4 Å². The maximum Gasteiger partial charge on any atom is 0.322 e. The number of rotatable bonds is 2. The van der Waals surface area contributed by atoms with Crippen LogP contribution in [-0.4, -0.2) is 23.4 Å². The summed E-state index contributed by atoms with van der Waals surface area (Å²) in [5.41, 5.74) is 4.24. The van der Waals surface area contributed by atoms with Crippen LogP contribution in [0.2, 0.25) is 0 Å². The lowest BCUT2D eigenvalue weighted by molar-refractivity contribution is -0.123. The highest BCUT2D eigenvalue weighted by atomic mass is 16.2. The van der Waals surface area contributed by atoms with E-state index in [-0.39, 0.29) is 17.7 Å². The first-order valence-corrected chi connectivity index (χ1v) is 10.7. The molecule has 0 aromatic heterocycles. The van der Waals surface area contributed by atoms with E-state index in [1.54, 1.807) is 0 Å². The Bertz CT molecular complexity index is 1020. The number of carbonyl (C=O) groups excluding carboxylic acids is 3. The van der Waals surface area contributed by atoms with Gasteiger partial charge in [0.25, 0.3) is 5.91 Å². The summed E-state index contributed by atoms with van der Waals surface area (Å²) < 4.78 is 0. The molecule has 4 amide bonds. The summed E-state index contributed by atoms with van der Waals surface area (Å²) in [6.45, 7) is 4.00. The van der Waals surface area contributed by atoms with Gasteiger partial charge in [0.05, 0.1) is 5.92 Å². The number of amides is 4. The van der Waals surface area contributed by atoms with Crippen LogP contribution in [0.3, 0.4) is 0 Å². The first-order valence-electron chi connectivity index (χ1n) is 10.7. The number of fused-ring (bicyclic) bond motifs is 2. The molecule has 2 atom stereocenters. The average molecular weight is 405 g/mol. The fourth-order valence-electron chi connectivity index (χ4n) is 4.79. The Morgan fingerprint density at radius 3 is 2.57 bits per heavy atom. The van der Waals surface area contributed by atoms with E-state index < -0.39 is 11.6 Å². The molecule has 1 saturated heterocycles. The van der Waals surface area contributed by atoms with Crippen molar-refractivity contribution in [3.63, 3.8) is 0 Å². The van der Waals surface area contributed by atoms with Gasteiger partial charge in [0.1, 0.15) is 5.54 Å². The average Bonchev–Trinajstić information content (AvgIpc) is 3.26. The van der Waals surface area contributed by atoms with E-state index in [4.69, 9.17) is 0 Å². The van der Waals surface area contributed by atoms with E-state index in [0.717, 1.165) is 41.6 Å². The minimum absolute atomic E-state index is 0.00622. The van der Waals surface area contributed by atoms with Gasteiger partial charge in [-0.1, -0.05) is 44.2 Å². The van der Waals surface area contributed by atoms with Gasteiger partial charge >= 0.3 is 6.03 Å². The number of hydrogen-bond donors (Lipinski definition) is 3. The zero-order chi connectivity index (χ0) is 21.3. The molecule has 6 nitrogen and oxygen atoms in total. The molecule has 2 aromatic carbocycles. The molecule has 1 fully saturated rings. The number of carbonyl (C=O) groups is 3. The van der Waals surface area contributed by atoms with Crippen LogP contribution in [0.25, 0.3) is 0 Å². The molecule has 0 bridgehead atoms. The Morgan fingerprint density at radius 1 is 1.03 bits per heavy atom. The lowest BCUT2D eigenvalue weighted by Crippen LogP contribution is -2.47. The molecular weight excluding hydrogens is 378 g/mol. The summed E-state index contributed by atoms with van der Waals surface area (Å²) in [6.07, 6.45) is 3.80. The first-order chi connectivity index (χ1) is 14.5. The van der Waals surface area contributed by atoms with Gasteiger partial charge < -0.3 is 10.6 Å². The molecule has 3 aliphatic rings. The van der Waals surface area contributed by atoms with Crippen LogP contribution in [-0.2, 0) is 28.9 Å². The predicted octanol–water partition coefficient (Wildman–Crippen LogP) is 3.45. The van der Waals surface area contributed by atoms with Crippen molar-refractivity contribution in [2.24, 2.45) is 0 Å². The van der Waals surface area contributed by atoms with E-state index in [2.05, 4.69) is 22.0 Å². The molecule has 2 unspecified atom stereocenters. The highest BCUT2D eigenvalue weighted by Gasteiger charge is 2.50. The summed E-state index contributed by atoms with van der Waals surface area (Å²) >= 11 is 0. The number of hydrogen-bond acceptors (Lipinski definition) is 3. The van der Waals surface area contributed by atoms with Crippen molar-refractivity contribution in [1.29, 1.82) is 0 Å². The lowest BCUT2D eigenvalue weighted by atomic mass is 9.82. The molecule has 2 aliphatic carbocycles. The highest BCUT2D eigenvalue weighted by molar-refractivity contribution is 6.08. The fraction of sp³-hybridized carbons (Fsp3) is 0.375. The number of anilines is 1. The van der Waals surface area contributed by atoms with Gasteiger partial charge in [-0.2, -0.15) is 0 Å². The Morgan fingerprint density at radius 2 is 1.80 bits per heavy atom. The number of imide groups is 1. The van der Waals surface area contributed by atoms with Crippen molar-refractivity contribution in [1.82, 2.24) is 10.6 Å². The monoisotopic (exact) mass is 405 g/mol. The summed E-state index contributed by atoms with van der Waals surface area (Å²) in [4.78, 5) is 36.7. The largest absolute Gasteiger partial charge is 0.326 e. The van der Waals surface area contributed by atoms with E-state index in [1.165, 1.54) is 5.56 Å². The third-order valence-electron chi connectivity index (χ3n) is 6.16. The Hall–Kier alpha value is -3.15. The highest BCUT2D eigenvalue weighted by Crippen LogP contribution is 2.35. The molecule has 1 spiro atoms. The van der Waals surface area contributed by atoms with E-state index in [9.17, 15) is 14.4 Å². The summed E-state index contributed by atoms with van der Waals surface area (Å²) in [5.74, 6) is -0.408. The van der Waals surface area contributed by atoms with Crippen molar-refractivity contribution in [3.8, 4) is 0 Å². The number of aryl methyl sites for hydroxylation is 1. The maximum absolute atomic E-state index is 12.9. The van der Waals surface area contributed by atoms with Crippen molar-refractivity contribution in [2.45, 2.75) is 57.4 Å². The van der Waals surface area contributed by atoms with Crippen LogP contribution in [0.5, 0.6) is 0 Å². The normalized spacial score (nSPS) is 23.6. The second-order valence-corrected chi connectivity index (χ2v) is 7.96. The fourth-order valence-corrected chi connectivity index (χ4v) is 4.79. The second kappa shape index (κ2) is 7.94. The first kappa shape index (κ1) is 20.1.